The fourth-order valence-corrected chi connectivity index (χ4v) is 1.81. The summed E-state index contributed by atoms with van der Waals surface area (Å²) in [4.78, 5) is 11.5. The highest BCUT2D eigenvalue weighted by Crippen LogP contribution is 2.33. The molecule has 0 saturated heterocycles. The number of hydrogen-bond acceptors (Lipinski definition) is 5. The van der Waals surface area contributed by atoms with E-state index in [9.17, 15) is 9.90 Å². The van der Waals surface area contributed by atoms with Gasteiger partial charge in [-0.25, -0.2) is 4.79 Å². The molecule has 2 heterocycles. The Labute approximate surface area is 94.8 Å². The van der Waals surface area contributed by atoms with Crippen LogP contribution < -0.4 is 10.4 Å². The van der Waals surface area contributed by atoms with Crippen LogP contribution in [0.2, 0.25) is 0 Å². The summed E-state index contributed by atoms with van der Waals surface area (Å²) >= 11 is 0. The van der Waals surface area contributed by atoms with Gasteiger partial charge in [-0.3, -0.25) is 0 Å². The van der Waals surface area contributed by atoms with Crippen LogP contribution >= 0.6 is 0 Å². The summed E-state index contributed by atoms with van der Waals surface area (Å²) in [5.41, 5.74) is 0.129. The second-order valence-electron chi connectivity index (χ2n) is 3.58. The average Bonchev–Trinajstić information content (AvgIpc) is 2.74. The van der Waals surface area contributed by atoms with Gasteiger partial charge < -0.3 is 18.7 Å². The Balaban J connectivity index is 2.52. The molecule has 0 spiro atoms. The van der Waals surface area contributed by atoms with Gasteiger partial charge in [-0.15, -0.1) is 0 Å². The van der Waals surface area contributed by atoms with Crippen LogP contribution in [-0.4, -0.2) is 12.2 Å². The summed E-state index contributed by atoms with van der Waals surface area (Å²) in [6, 6.07) is 4.99. The van der Waals surface area contributed by atoms with Gasteiger partial charge >= 0.3 is 5.63 Å². The van der Waals surface area contributed by atoms with Crippen LogP contribution in [0, 0.1) is 0 Å². The highest BCUT2D eigenvalue weighted by atomic mass is 16.5. The maximum atomic E-state index is 11.5. The topological polar surface area (TPSA) is 72.8 Å². The fourth-order valence-electron chi connectivity index (χ4n) is 1.81. The predicted molar refractivity (Wildman–Crippen MR) is 60.5 cm³/mol. The molecule has 17 heavy (non-hydrogen) atoms. The highest BCUT2D eigenvalue weighted by molar-refractivity contribution is 5.96. The number of rotatable bonds is 1. The molecule has 5 nitrogen and oxygen atoms in total. The van der Waals surface area contributed by atoms with E-state index in [0.29, 0.717) is 11.0 Å². The molecule has 0 saturated carbocycles. The summed E-state index contributed by atoms with van der Waals surface area (Å²) in [6.45, 7) is 0. The van der Waals surface area contributed by atoms with E-state index in [-0.39, 0.29) is 17.1 Å². The van der Waals surface area contributed by atoms with Gasteiger partial charge in [0, 0.05) is 11.5 Å². The van der Waals surface area contributed by atoms with Crippen LogP contribution in [0.15, 0.2) is 38.1 Å². The molecule has 0 atom stereocenters. The minimum Gasteiger partial charge on any atom is -0.504 e. The SMILES string of the molecule is COc1c(O)c2cc3ccoc3cc2oc1=O. The largest absolute Gasteiger partial charge is 0.504 e. The van der Waals surface area contributed by atoms with Crippen LogP contribution in [0.3, 0.4) is 0 Å². The predicted octanol–water partition coefficient (Wildman–Crippen LogP) is 2.25. The van der Waals surface area contributed by atoms with Crippen LogP contribution in [-0.2, 0) is 0 Å². The zero-order valence-corrected chi connectivity index (χ0v) is 8.89. The smallest absolute Gasteiger partial charge is 0.383 e. The highest BCUT2D eigenvalue weighted by Gasteiger charge is 2.15. The van der Waals surface area contributed by atoms with Gasteiger partial charge in [0.15, 0.2) is 5.75 Å². The molecule has 0 unspecified atom stereocenters. The molecule has 3 aromatic rings. The summed E-state index contributed by atoms with van der Waals surface area (Å²) in [5.74, 6) is -0.415. The van der Waals surface area contributed by atoms with Gasteiger partial charge in [0.1, 0.15) is 11.2 Å². The fraction of sp³-hybridized carbons (Fsp3) is 0.0833. The lowest BCUT2D eigenvalue weighted by Crippen LogP contribution is -2.03. The number of furan rings is 1. The van der Waals surface area contributed by atoms with Crippen molar-refractivity contribution in [3.63, 3.8) is 0 Å². The molecule has 0 aliphatic rings. The first-order chi connectivity index (χ1) is 8.20. The molecule has 2 aromatic heterocycles. The van der Waals surface area contributed by atoms with E-state index in [1.54, 1.807) is 18.2 Å². The van der Waals surface area contributed by atoms with E-state index in [1.807, 2.05) is 0 Å². The standard InChI is InChI=1S/C12H8O5/c1-15-11-10(13)7-4-6-2-3-16-8(6)5-9(7)17-12(11)14/h2-5,13H,1H3. The first-order valence-electron chi connectivity index (χ1n) is 4.91. The third-order valence-electron chi connectivity index (χ3n) is 2.62. The van der Waals surface area contributed by atoms with E-state index in [0.717, 1.165) is 5.39 Å². The third kappa shape index (κ3) is 1.29. The van der Waals surface area contributed by atoms with E-state index < -0.39 is 5.63 Å². The molecule has 1 aromatic carbocycles. The minimum atomic E-state index is -0.719. The van der Waals surface area contributed by atoms with Gasteiger partial charge in [0.05, 0.1) is 18.8 Å². The van der Waals surface area contributed by atoms with Gasteiger partial charge in [-0.2, -0.15) is 0 Å². The van der Waals surface area contributed by atoms with Crippen molar-refractivity contribution >= 4 is 21.9 Å². The van der Waals surface area contributed by atoms with E-state index in [1.165, 1.54) is 13.4 Å². The Kier molecular flexibility index (Phi) is 1.89. The zero-order valence-electron chi connectivity index (χ0n) is 8.89. The minimum absolute atomic E-state index is 0.194. The number of ether oxygens (including phenoxy) is 1. The van der Waals surface area contributed by atoms with E-state index in [2.05, 4.69) is 0 Å². The van der Waals surface area contributed by atoms with E-state index >= 15 is 0 Å². The number of benzene rings is 1. The molecule has 1 N–H and O–H groups in total. The Hall–Kier alpha value is -2.43. The van der Waals surface area contributed by atoms with Crippen LogP contribution in [0.4, 0.5) is 0 Å². The lowest BCUT2D eigenvalue weighted by atomic mass is 10.1. The molecule has 0 bridgehead atoms. The van der Waals surface area contributed by atoms with Crippen molar-refractivity contribution in [3.05, 3.63) is 34.9 Å². The van der Waals surface area contributed by atoms with E-state index in [4.69, 9.17) is 13.6 Å². The molecular formula is C12H8O5. The van der Waals surface area contributed by atoms with Crippen molar-refractivity contribution < 1.29 is 18.7 Å². The van der Waals surface area contributed by atoms with Crippen molar-refractivity contribution in [2.75, 3.05) is 7.11 Å². The van der Waals surface area contributed by atoms with Gasteiger partial charge in [-0.1, -0.05) is 0 Å². The maximum Gasteiger partial charge on any atom is 0.383 e. The maximum absolute atomic E-state index is 11.5. The average molecular weight is 232 g/mol. The van der Waals surface area contributed by atoms with Crippen molar-refractivity contribution in [1.82, 2.24) is 0 Å². The summed E-state index contributed by atoms with van der Waals surface area (Å²) in [5, 5.41) is 11.1. The number of aromatic hydroxyl groups is 1. The first-order valence-corrected chi connectivity index (χ1v) is 4.91. The normalized spacial score (nSPS) is 11.1. The molecule has 86 valence electrons. The van der Waals surface area contributed by atoms with Crippen molar-refractivity contribution in [3.8, 4) is 11.5 Å². The first kappa shape index (κ1) is 9.77. The second kappa shape index (κ2) is 3.28. The quantitative estimate of drug-likeness (QED) is 0.651. The summed E-state index contributed by atoms with van der Waals surface area (Å²) in [6.07, 6.45) is 1.52. The number of methoxy groups -OCH3 is 1. The third-order valence-corrected chi connectivity index (χ3v) is 2.62. The lowest BCUT2D eigenvalue weighted by Gasteiger charge is -2.04. The van der Waals surface area contributed by atoms with Crippen LogP contribution in [0.1, 0.15) is 0 Å². The summed E-state index contributed by atoms with van der Waals surface area (Å²) in [7, 11) is 1.30. The molecule has 0 aliphatic heterocycles. The second-order valence-corrected chi connectivity index (χ2v) is 3.58. The number of fused-ring (bicyclic) bond motifs is 2. The Morgan fingerprint density at radius 2 is 2.12 bits per heavy atom. The zero-order chi connectivity index (χ0) is 12.0. The van der Waals surface area contributed by atoms with Gasteiger partial charge in [0.25, 0.3) is 0 Å². The Morgan fingerprint density at radius 1 is 1.29 bits per heavy atom. The monoisotopic (exact) mass is 232 g/mol. The number of hydrogen-bond donors (Lipinski definition) is 1. The molecule has 0 aliphatic carbocycles. The van der Waals surface area contributed by atoms with Gasteiger partial charge in [0.2, 0.25) is 5.75 Å². The molecule has 5 heteroatoms. The van der Waals surface area contributed by atoms with Crippen LogP contribution in [0.25, 0.3) is 21.9 Å². The van der Waals surface area contributed by atoms with Crippen molar-refractivity contribution in [2.24, 2.45) is 0 Å². The Morgan fingerprint density at radius 3 is 2.88 bits per heavy atom. The molecule has 0 fully saturated rings. The molecule has 0 amide bonds. The molecule has 3 rings (SSSR count). The van der Waals surface area contributed by atoms with Crippen molar-refractivity contribution in [2.45, 2.75) is 0 Å². The van der Waals surface area contributed by atoms with Crippen LogP contribution in [0.5, 0.6) is 11.5 Å². The Bertz CT molecular complexity index is 765. The lowest BCUT2D eigenvalue weighted by molar-refractivity contribution is 0.351. The molecule has 0 radical (unpaired) electrons. The van der Waals surface area contributed by atoms with Crippen molar-refractivity contribution in [1.29, 1.82) is 0 Å². The van der Waals surface area contributed by atoms with Gasteiger partial charge in [-0.05, 0) is 12.1 Å². The molecular weight excluding hydrogens is 224 g/mol. The summed E-state index contributed by atoms with van der Waals surface area (Å²) < 4.78 is 15.0.